The first-order chi connectivity index (χ1) is 14.0. The molecule has 0 heterocycles. The number of hydrogen-bond donors (Lipinski definition) is 4. The molecule has 0 aliphatic heterocycles. The monoisotopic (exact) mass is 402 g/mol. The Morgan fingerprint density at radius 3 is 2.41 bits per heavy atom. The molecule has 160 valence electrons. The van der Waals surface area contributed by atoms with E-state index in [9.17, 15) is 20.1 Å². The first kappa shape index (κ1) is 22.0. The van der Waals surface area contributed by atoms with E-state index in [1.165, 1.54) is 11.1 Å². The van der Waals surface area contributed by atoms with Gasteiger partial charge in [0.1, 0.15) is 0 Å². The quantitative estimate of drug-likeness (QED) is 0.424. The highest BCUT2D eigenvalue weighted by Crippen LogP contribution is 2.40. The van der Waals surface area contributed by atoms with E-state index >= 15 is 0 Å². The van der Waals surface area contributed by atoms with Crippen LogP contribution in [0.25, 0.3) is 6.08 Å². The number of carboxylic acids is 1. The fourth-order valence-electron chi connectivity index (χ4n) is 5.05. The summed E-state index contributed by atoms with van der Waals surface area (Å²) in [5.74, 6) is -0.673. The minimum atomic E-state index is -0.751. The number of aliphatic hydroxyl groups is 3. The maximum absolute atomic E-state index is 10.7. The van der Waals surface area contributed by atoms with Crippen molar-refractivity contribution >= 4 is 12.0 Å². The molecule has 2 aliphatic rings. The van der Waals surface area contributed by atoms with Crippen LogP contribution >= 0.6 is 0 Å². The molecule has 0 amide bonds. The van der Waals surface area contributed by atoms with E-state index in [0.29, 0.717) is 25.7 Å². The molecule has 0 spiro atoms. The lowest BCUT2D eigenvalue weighted by atomic mass is 9.84. The van der Waals surface area contributed by atoms with Crippen molar-refractivity contribution < 1.29 is 25.2 Å². The van der Waals surface area contributed by atoms with Gasteiger partial charge < -0.3 is 20.4 Å². The van der Waals surface area contributed by atoms with Gasteiger partial charge >= 0.3 is 5.97 Å². The minimum absolute atomic E-state index is 0.0167. The van der Waals surface area contributed by atoms with E-state index in [-0.39, 0.29) is 18.3 Å². The number of carboxylic acid groups (broad SMARTS) is 1. The second-order valence-corrected chi connectivity index (χ2v) is 8.73. The number of aliphatic hydroxyl groups excluding tert-OH is 3. The largest absolute Gasteiger partial charge is 0.481 e. The molecule has 0 saturated heterocycles. The van der Waals surface area contributed by atoms with Crippen LogP contribution in [0, 0.1) is 11.8 Å². The van der Waals surface area contributed by atoms with Gasteiger partial charge in [0.2, 0.25) is 0 Å². The molecule has 5 atom stereocenters. The van der Waals surface area contributed by atoms with Gasteiger partial charge in [0.15, 0.2) is 0 Å². The lowest BCUT2D eigenvalue weighted by molar-refractivity contribution is -0.137. The van der Waals surface area contributed by atoms with Gasteiger partial charge in [0.25, 0.3) is 0 Å². The molecule has 1 aromatic rings. The molecule has 3 rings (SSSR count). The van der Waals surface area contributed by atoms with Crippen LogP contribution in [0.15, 0.2) is 29.8 Å². The molecule has 0 radical (unpaired) electrons. The summed E-state index contributed by atoms with van der Waals surface area (Å²) in [6, 6.07) is 8.19. The van der Waals surface area contributed by atoms with Crippen LogP contribution in [0.4, 0.5) is 0 Å². The first-order valence-electron chi connectivity index (χ1n) is 11.0. The average Bonchev–Trinajstić information content (AvgIpc) is 3.23. The molecule has 0 bridgehead atoms. The molecular weight excluding hydrogens is 368 g/mol. The average molecular weight is 403 g/mol. The van der Waals surface area contributed by atoms with Gasteiger partial charge in [-0.05, 0) is 67.1 Å². The summed E-state index contributed by atoms with van der Waals surface area (Å²) in [5, 5.41) is 40.2. The third kappa shape index (κ3) is 5.91. The van der Waals surface area contributed by atoms with Crippen LogP contribution in [-0.2, 0) is 11.2 Å². The smallest absolute Gasteiger partial charge is 0.303 e. The summed E-state index contributed by atoms with van der Waals surface area (Å²) in [5.41, 5.74) is 3.46. The highest BCUT2D eigenvalue weighted by atomic mass is 16.4. The van der Waals surface area contributed by atoms with Crippen molar-refractivity contribution in [1.82, 2.24) is 0 Å². The van der Waals surface area contributed by atoms with E-state index in [4.69, 9.17) is 5.11 Å². The Morgan fingerprint density at radius 2 is 1.69 bits per heavy atom. The van der Waals surface area contributed by atoms with Crippen LogP contribution < -0.4 is 0 Å². The van der Waals surface area contributed by atoms with Gasteiger partial charge in [-0.15, -0.1) is 0 Å². The van der Waals surface area contributed by atoms with Crippen molar-refractivity contribution in [3.63, 3.8) is 0 Å². The molecular formula is C24H34O5. The Morgan fingerprint density at radius 1 is 1.00 bits per heavy atom. The van der Waals surface area contributed by atoms with Crippen molar-refractivity contribution in [3.8, 4) is 0 Å². The topological polar surface area (TPSA) is 98.0 Å². The summed E-state index contributed by atoms with van der Waals surface area (Å²) in [6.45, 7) is 0. The molecule has 5 nitrogen and oxygen atoms in total. The summed E-state index contributed by atoms with van der Waals surface area (Å²) < 4.78 is 0. The van der Waals surface area contributed by atoms with Crippen molar-refractivity contribution in [2.45, 2.75) is 82.5 Å². The van der Waals surface area contributed by atoms with Gasteiger partial charge in [0, 0.05) is 6.42 Å². The van der Waals surface area contributed by atoms with E-state index < -0.39 is 24.3 Å². The summed E-state index contributed by atoms with van der Waals surface area (Å²) in [4.78, 5) is 10.6. The molecule has 1 aromatic carbocycles. The third-order valence-electron chi connectivity index (χ3n) is 6.69. The predicted molar refractivity (Wildman–Crippen MR) is 112 cm³/mol. The maximum atomic E-state index is 10.7. The Balaban J connectivity index is 1.45. The van der Waals surface area contributed by atoms with Crippen molar-refractivity contribution in [3.05, 3.63) is 41.0 Å². The number of carbonyl (C=O) groups is 1. The summed E-state index contributed by atoms with van der Waals surface area (Å²) in [7, 11) is 0. The molecule has 29 heavy (non-hydrogen) atoms. The first-order valence-corrected chi connectivity index (χ1v) is 11.0. The zero-order valence-corrected chi connectivity index (χ0v) is 17.0. The number of benzene rings is 1. The minimum Gasteiger partial charge on any atom is -0.481 e. The highest BCUT2D eigenvalue weighted by molar-refractivity contribution is 5.66. The molecule has 1 fully saturated rings. The second kappa shape index (κ2) is 10.4. The molecule has 5 heteroatoms. The summed E-state index contributed by atoms with van der Waals surface area (Å²) in [6.07, 6.45) is 7.61. The normalized spacial score (nSPS) is 26.9. The molecule has 0 unspecified atom stereocenters. The second-order valence-electron chi connectivity index (χ2n) is 8.73. The SMILES string of the molecule is O=C(O)CCCCCC[C@@H]1[C@@H](CC[C@@H](O)C2=Cc3ccccc3C2)[C@H](O)C[C@@H]1O. The van der Waals surface area contributed by atoms with Gasteiger partial charge in [0.05, 0.1) is 18.3 Å². The maximum Gasteiger partial charge on any atom is 0.303 e. The predicted octanol–water partition coefficient (Wildman–Crippen LogP) is 3.55. The van der Waals surface area contributed by atoms with Crippen molar-refractivity contribution in [1.29, 1.82) is 0 Å². The van der Waals surface area contributed by atoms with Crippen molar-refractivity contribution in [2.75, 3.05) is 0 Å². The van der Waals surface area contributed by atoms with Gasteiger partial charge in [-0.3, -0.25) is 4.79 Å². The number of fused-ring (bicyclic) bond motifs is 1. The lowest BCUT2D eigenvalue weighted by Crippen LogP contribution is -2.24. The summed E-state index contributed by atoms with van der Waals surface area (Å²) >= 11 is 0. The molecule has 2 aliphatic carbocycles. The van der Waals surface area contributed by atoms with Crippen LogP contribution in [0.3, 0.4) is 0 Å². The van der Waals surface area contributed by atoms with Gasteiger partial charge in [-0.25, -0.2) is 0 Å². The third-order valence-corrected chi connectivity index (χ3v) is 6.69. The highest BCUT2D eigenvalue weighted by Gasteiger charge is 2.41. The van der Waals surface area contributed by atoms with Crippen LogP contribution in [0.1, 0.15) is 68.9 Å². The lowest BCUT2D eigenvalue weighted by Gasteiger charge is -2.25. The van der Waals surface area contributed by atoms with Crippen LogP contribution in [0.5, 0.6) is 0 Å². The standard InChI is InChI=1S/C24H34O5/c25-21(18-13-16-7-5-6-8-17(16)14-18)12-11-20-19(22(26)15-23(20)27)9-3-1-2-4-10-24(28)29/h5-8,13,19-23,25-27H,1-4,9-12,14-15H2,(H,28,29)/t19-,20-,21-,22+,23-/m1/s1. The molecule has 0 aromatic heterocycles. The van der Waals surface area contributed by atoms with Crippen molar-refractivity contribution in [2.24, 2.45) is 11.8 Å². The Hall–Kier alpha value is -1.69. The molecule has 1 saturated carbocycles. The van der Waals surface area contributed by atoms with Gasteiger partial charge in [-0.2, -0.15) is 0 Å². The van der Waals surface area contributed by atoms with Crippen LogP contribution in [0.2, 0.25) is 0 Å². The fourth-order valence-corrected chi connectivity index (χ4v) is 5.05. The number of unbranched alkanes of at least 4 members (excludes halogenated alkanes) is 3. The van der Waals surface area contributed by atoms with E-state index in [2.05, 4.69) is 18.2 Å². The van der Waals surface area contributed by atoms with Crippen LogP contribution in [-0.4, -0.2) is 44.7 Å². The Bertz CT molecular complexity index is 713. The van der Waals surface area contributed by atoms with E-state index in [1.807, 2.05) is 12.1 Å². The van der Waals surface area contributed by atoms with Gasteiger partial charge in [-0.1, -0.05) is 49.6 Å². The zero-order chi connectivity index (χ0) is 20.8. The molecule has 4 N–H and O–H groups in total. The Kier molecular flexibility index (Phi) is 7.87. The fraction of sp³-hybridized carbons (Fsp3) is 0.625. The van der Waals surface area contributed by atoms with E-state index in [0.717, 1.165) is 37.7 Å². The number of aliphatic carboxylic acids is 1. The Labute approximate surface area is 173 Å². The zero-order valence-electron chi connectivity index (χ0n) is 17.0. The number of hydrogen-bond acceptors (Lipinski definition) is 4. The number of rotatable bonds is 11. The van der Waals surface area contributed by atoms with E-state index in [1.54, 1.807) is 0 Å².